The predicted molar refractivity (Wildman–Crippen MR) is 22.1 cm³/mol. The molecule has 0 fully saturated rings. The van der Waals surface area contributed by atoms with Crippen molar-refractivity contribution < 1.29 is 19.5 Å². The first-order valence-electron chi connectivity index (χ1n) is 0.493. The van der Waals surface area contributed by atoms with Gasteiger partial charge in [0.15, 0.2) is 0 Å². The Bertz CT molecular complexity index is 17.1. The quantitative estimate of drug-likeness (QED) is 0.231. The third kappa shape index (κ3) is 122. The zero-order valence-electron chi connectivity index (χ0n) is 2.77. The number of hydrogen-bond donors (Lipinski definition) is 1. The molecule has 0 aliphatic heterocycles. The Hall–Kier alpha value is 0.473. The van der Waals surface area contributed by atoms with Gasteiger partial charge < -0.3 is 29.6 Å². The molecular formula is CH4N2SZn. The first-order valence-corrected chi connectivity index (χ1v) is 0.901. The molecule has 2 nitrogen and oxygen atoms in total. The van der Waals surface area contributed by atoms with Gasteiger partial charge in [0.25, 0.3) is 0 Å². The van der Waals surface area contributed by atoms with E-state index in [1.807, 2.05) is 5.49 Å². The average Bonchev–Trinajstić information content (AvgIpc) is 0.918. The molecule has 0 saturated heterocycles. The van der Waals surface area contributed by atoms with Gasteiger partial charge in [-0.1, -0.05) is 0 Å². The van der Waals surface area contributed by atoms with E-state index >= 15 is 0 Å². The summed E-state index contributed by atoms with van der Waals surface area (Å²) in [6.45, 7) is 0. The van der Waals surface area contributed by atoms with Crippen molar-refractivity contribution in [3.8, 4) is 0 Å². The SMILES string of the molecule is N[C-]=S.[NH2-].[Zn+2]. The van der Waals surface area contributed by atoms with Crippen LogP contribution in [0.25, 0.3) is 6.15 Å². The molecule has 0 saturated carbocycles. The fraction of sp³-hybridized carbons (Fsp3) is 0. The van der Waals surface area contributed by atoms with Crippen LogP contribution in [0.15, 0.2) is 0 Å². The zero-order valence-corrected chi connectivity index (χ0v) is 6.55. The normalized spacial score (nSPS) is 2.40. The summed E-state index contributed by atoms with van der Waals surface area (Å²) in [5, 5.41) is 0. The third-order valence-electron chi connectivity index (χ3n) is 0. The number of nitrogens with two attached hydrogens (primary N) is 2. The van der Waals surface area contributed by atoms with Crippen LogP contribution in [0.3, 0.4) is 0 Å². The van der Waals surface area contributed by atoms with Crippen LogP contribution in [0.1, 0.15) is 0 Å². The zero-order chi connectivity index (χ0) is 2.71. The van der Waals surface area contributed by atoms with E-state index in [9.17, 15) is 0 Å². The van der Waals surface area contributed by atoms with E-state index in [0.717, 1.165) is 0 Å². The Labute approximate surface area is 49.5 Å². The Balaban J connectivity index is -0.0000000200. The summed E-state index contributed by atoms with van der Waals surface area (Å²) in [6, 6.07) is 0. The molecule has 5 heavy (non-hydrogen) atoms. The van der Waals surface area contributed by atoms with Crippen LogP contribution in [0.5, 0.6) is 0 Å². The molecule has 0 unspecified atom stereocenters. The van der Waals surface area contributed by atoms with Crippen LogP contribution in [0.4, 0.5) is 0 Å². The van der Waals surface area contributed by atoms with Gasteiger partial charge in [-0.3, -0.25) is 0 Å². The van der Waals surface area contributed by atoms with Crippen LogP contribution < -0.4 is 5.73 Å². The molecule has 0 aliphatic rings. The monoisotopic (exact) mass is 140 g/mol. The van der Waals surface area contributed by atoms with E-state index in [1.165, 1.54) is 0 Å². The van der Waals surface area contributed by atoms with Crippen LogP contribution in [0.2, 0.25) is 0 Å². The molecule has 0 amide bonds. The van der Waals surface area contributed by atoms with Crippen LogP contribution in [0, 0.1) is 0 Å². The molecule has 26 valence electrons. The first-order chi connectivity index (χ1) is 1.41. The van der Waals surface area contributed by atoms with Crippen molar-refractivity contribution >= 4 is 17.7 Å². The molecule has 0 atom stereocenters. The van der Waals surface area contributed by atoms with Crippen molar-refractivity contribution in [1.82, 2.24) is 0 Å². The summed E-state index contributed by atoms with van der Waals surface area (Å²) in [7, 11) is 0. The van der Waals surface area contributed by atoms with Crippen molar-refractivity contribution in [2.24, 2.45) is 5.73 Å². The number of hydrogen-bond acceptors (Lipinski definition) is 1. The van der Waals surface area contributed by atoms with E-state index in [-0.39, 0.29) is 25.6 Å². The van der Waals surface area contributed by atoms with Gasteiger partial charge >= 0.3 is 19.5 Å². The van der Waals surface area contributed by atoms with Crippen molar-refractivity contribution in [2.75, 3.05) is 0 Å². The fourth-order valence-electron chi connectivity index (χ4n) is 0. The maximum atomic E-state index is 4.41. The molecular weight excluding hydrogens is 137 g/mol. The molecule has 0 aliphatic carbocycles. The average molecular weight is 142 g/mol. The molecule has 0 aromatic heterocycles. The van der Waals surface area contributed by atoms with Gasteiger partial charge in [-0.05, 0) is 0 Å². The topological polar surface area (TPSA) is 59.5 Å². The van der Waals surface area contributed by atoms with E-state index in [4.69, 9.17) is 0 Å². The second-order valence-corrected chi connectivity index (χ2v) is 0.354. The summed E-state index contributed by atoms with van der Waals surface area (Å²) in [6.07, 6.45) is 0. The summed E-state index contributed by atoms with van der Waals surface area (Å²) in [4.78, 5) is 0. The molecule has 0 radical (unpaired) electrons. The molecule has 0 spiro atoms. The minimum Gasteiger partial charge on any atom is -0.693 e. The molecule has 0 heterocycles. The Morgan fingerprint density at radius 1 is 1.60 bits per heavy atom. The van der Waals surface area contributed by atoms with E-state index in [0.29, 0.717) is 0 Å². The number of rotatable bonds is 0. The largest absolute Gasteiger partial charge is 2.00 e. The Morgan fingerprint density at radius 2 is 1.60 bits per heavy atom. The van der Waals surface area contributed by atoms with Gasteiger partial charge in [0, 0.05) is 0 Å². The summed E-state index contributed by atoms with van der Waals surface area (Å²) in [5.41, 5.74) is 6.25. The summed E-state index contributed by atoms with van der Waals surface area (Å²) >= 11 is 3.92. The molecule has 4 N–H and O–H groups in total. The number of thiocarbonyl (C=S) groups is 1. The molecule has 0 aromatic rings. The Morgan fingerprint density at radius 3 is 1.60 bits per heavy atom. The maximum absolute atomic E-state index is 4.41. The second kappa shape index (κ2) is 24.9. The second-order valence-electron chi connectivity index (χ2n) is 0.118. The van der Waals surface area contributed by atoms with Gasteiger partial charge in [-0.2, -0.15) is 0 Å². The minimum atomic E-state index is 0. The van der Waals surface area contributed by atoms with Crippen LogP contribution >= 0.6 is 12.2 Å². The van der Waals surface area contributed by atoms with Crippen LogP contribution in [-0.2, 0) is 19.5 Å². The summed E-state index contributed by atoms with van der Waals surface area (Å²) < 4.78 is 0. The van der Waals surface area contributed by atoms with Gasteiger partial charge in [-0.15, -0.1) is 0 Å². The van der Waals surface area contributed by atoms with E-state index in [1.54, 1.807) is 0 Å². The van der Waals surface area contributed by atoms with E-state index < -0.39 is 0 Å². The molecule has 0 bridgehead atoms. The van der Waals surface area contributed by atoms with Crippen molar-refractivity contribution in [2.45, 2.75) is 0 Å². The van der Waals surface area contributed by atoms with Gasteiger partial charge in [0.2, 0.25) is 0 Å². The molecule has 4 heteroatoms. The minimum absolute atomic E-state index is 0. The molecule has 0 aromatic carbocycles. The van der Waals surface area contributed by atoms with Crippen molar-refractivity contribution in [1.29, 1.82) is 0 Å². The van der Waals surface area contributed by atoms with Gasteiger partial charge in [-0.25, -0.2) is 0 Å². The smallest absolute Gasteiger partial charge is 0.693 e. The predicted octanol–water partition coefficient (Wildman–Crippen LogP) is 0.494. The maximum Gasteiger partial charge on any atom is 2.00 e. The Kier molecular flexibility index (Phi) is 89.0. The molecule has 0 rings (SSSR count). The van der Waals surface area contributed by atoms with Crippen molar-refractivity contribution in [3.05, 3.63) is 6.15 Å². The first kappa shape index (κ1) is 17.9. The van der Waals surface area contributed by atoms with Gasteiger partial charge in [0.05, 0.1) is 0 Å². The van der Waals surface area contributed by atoms with Gasteiger partial charge in [0.1, 0.15) is 0 Å². The van der Waals surface area contributed by atoms with E-state index in [2.05, 4.69) is 18.0 Å². The van der Waals surface area contributed by atoms with Crippen LogP contribution in [-0.4, -0.2) is 5.49 Å². The standard InChI is InChI=1S/CH2NS.H2N.Zn/c2-1-3;;/h(H2,2,3);1H2;/q2*-1;+2. The third-order valence-corrected chi connectivity index (χ3v) is 0. The summed E-state index contributed by atoms with van der Waals surface area (Å²) in [5.74, 6) is 0. The fourth-order valence-corrected chi connectivity index (χ4v) is 0. The van der Waals surface area contributed by atoms with Crippen molar-refractivity contribution in [3.63, 3.8) is 0 Å².